The number of hydrogen-bond donors (Lipinski definition) is 0. The second-order valence-electron chi connectivity index (χ2n) is 3.95. The molecule has 0 heterocycles. The van der Waals surface area contributed by atoms with Gasteiger partial charge in [0, 0.05) is 6.42 Å². The molecule has 0 aliphatic carbocycles. The maximum absolute atomic E-state index is 10.8. The van der Waals surface area contributed by atoms with Gasteiger partial charge in [0.1, 0.15) is 12.4 Å². The summed E-state index contributed by atoms with van der Waals surface area (Å²) in [6.45, 7) is 0.513. The lowest BCUT2D eigenvalue weighted by molar-refractivity contribution is -0.111. The number of carbonyl (C=O) groups excluding carboxylic acids is 1. The Kier molecular flexibility index (Phi) is 4.37. The summed E-state index contributed by atoms with van der Waals surface area (Å²) in [6.07, 6.45) is 0.226. The Balaban J connectivity index is 1.99. The Morgan fingerprint density at radius 1 is 1.00 bits per heavy atom. The second-order valence-corrected chi connectivity index (χ2v) is 4.38. The molecular formula is C15H13ClO2. The van der Waals surface area contributed by atoms with Crippen molar-refractivity contribution in [2.24, 2.45) is 0 Å². The molecule has 2 aromatic carbocycles. The van der Waals surface area contributed by atoms with Gasteiger partial charge in [0.15, 0.2) is 0 Å². The Bertz CT molecular complexity index is 523. The van der Waals surface area contributed by atoms with Crippen LogP contribution in [0.4, 0.5) is 0 Å². The Labute approximate surface area is 111 Å². The highest BCUT2D eigenvalue weighted by Crippen LogP contribution is 2.16. The molecule has 3 heteroatoms. The van der Waals surface area contributed by atoms with Gasteiger partial charge in [-0.05, 0) is 34.9 Å². The third kappa shape index (κ3) is 3.90. The molecule has 0 aliphatic rings. The quantitative estimate of drug-likeness (QED) is 0.768. The third-order valence-electron chi connectivity index (χ3n) is 2.49. The summed E-state index contributed by atoms with van der Waals surface area (Å²) in [5.74, 6) is 0.745. The van der Waals surface area contributed by atoms with Crippen molar-refractivity contribution < 1.29 is 9.53 Å². The molecule has 0 unspecified atom stereocenters. The van der Waals surface area contributed by atoms with E-state index in [4.69, 9.17) is 16.3 Å². The molecule has 18 heavy (non-hydrogen) atoms. The van der Waals surface area contributed by atoms with Crippen molar-refractivity contribution in [1.29, 1.82) is 0 Å². The molecule has 2 aromatic rings. The summed E-state index contributed by atoms with van der Waals surface area (Å²) in [7, 11) is 0. The largest absolute Gasteiger partial charge is 0.489 e. The molecule has 2 nitrogen and oxygen atoms in total. The predicted molar refractivity (Wildman–Crippen MR) is 71.8 cm³/mol. The van der Waals surface area contributed by atoms with Crippen LogP contribution in [0.2, 0.25) is 0 Å². The van der Waals surface area contributed by atoms with Crippen LogP contribution in [0, 0.1) is 0 Å². The van der Waals surface area contributed by atoms with Gasteiger partial charge in [-0.2, -0.15) is 0 Å². The summed E-state index contributed by atoms with van der Waals surface area (Å²) < 4.78 is 5.66. The van der Waals surface area contributed by atoms with Gasteiger partial charge in [0.05, 0.1) is 0 Å². The van der Waals surface area contributed by atoms with E-state index in [1.807, 2.05) is 54.6 Å². The van der Waals surface area contributed by atoms with E-state index in [0.29, 0.717) is 6.61 Å². The average molecular weight is 261 g/mol. The van der Waals surface area contributed by atoms with Crippen molar-refractivity contribution in [1.82, 2.24) is 0 Å². The van der Waals surface area contributed by atoms with E-state index in [-0.39, 0.29) is 11.7 Å². The summed E-state index contributed by atoms with van der Waals surface area (Å²) in [5, 5.41) is -0.366. The number of hydrogen-bond acceptors (Lipinski definition) is 2. The normalized spacial score (nSPS) is 10.1. The number of carbonyl (C=O) groups is 1. The molecule has 0 atom stereocenters. The summed E-state index contributed by atoms with van der Waals surface area (Å²) >= 11 is 5.36. The van der Waals surface area contributed by atoms with Gasteiger partial charge >= 0.3 is 0 Å². The van der Waals surface area contributed by atoms with Gasteiger partial charge in [0.2, 0.25) is 5.24 Å². The van der Waals surface area contributed by atoms with E-state index in [2.05, 4.69) is 0 Å². The van der Waals surface area contributed by atoms with E-state index in [1.54, 1.807) is 0 Å². The zero-order valence-electron chi connectivity index (χ0n) is 9.80. The minimum atomic E-state index is -0.366. The van der Waals surface area contributed by atoms with Gasteiger partial charge in [-0.1, -0.05) is 42.5 Å². The lowest BCUT2D eigenvalue weighted by atomic mass is 10.1. The zero-order valence-corrected chi connectivity index (χ0v) is 10.6. The van der Waals surface area contributed by atoms with Crippen molar-refractivity contribution in [3.05, 3.63) is 65.7 Å². The van der Waals surface area contributed by atoms with Crippen LogP contribution in [-0.4, -0.2) is 5.24 Å². The number of rotatable bonds is 5. The van der Waals surface area contributed by atoms with E-state index in [0.717, 1.165) is 16.9 Å². The molecule has 0 aromatic heterocycles. The molecule has 2 rings (SSSR count). The highest BCUT2D eigenvalue weighted by Gasteiger charge is 2.01. The zero-order chi connectivity index (χ0) is 12.8. The van der Waals surface area contributed by atoms with E-state index >= 15 is 0 Å². The van der Waals surface area contributed by atoms with Crippen LogP contribution in [0.5, 0.6) is 5.75 Å². The molecule has 92 valence electrons. The fraction of sp³-hybridized carbons (Fsp3) is 0.133. The predicted octanol–water partition coefficient (Wildman–Crippen LogP) is 3.57. The van der Waals surface area contributed by atoms with Crippen LogP contribution >= 0.6 is 11.6 Å². The minimum Gasteiger partial charge on any atom is -0.489 e. The van der Waals surface area contributed by atoms with E-state index in [9.17, 15) is 4.79 Å². The van der Waals surface area contributed by atoms with Crippen molar-refractivity contribution in [3.8, 4) is 5.75 Å². The molecule has 0 amide bonds. The molecule has 0 fully saturated rings. The molecular weight excluding hydrogens is 248 g/mol. The Hall–Kier alpha value is -1.80. The van der Waals surface area contributed by atoms with Gasteiger partial charge < -0.3 is 4.74 Å². The smallest absolute Gasteiger partial charge is 0.226 e. The first-order valence-corrected chi connectivity index (χ1v) is 6.06. The maximum atomic E-state index is 10.8. The highest BCUT2D eigenvalue weighted by molar-refractivity contribution is 6.63. The van der Waals surface area contributed by atoms with Crippen LogP contribution in [0.1, 0.15) is 11.1 Å². The Morgan fingerprint density at radius 3 is 2.44 bits per heavy atom. The van der Waals surface area contributed by atoms with Gasteiger partial charge in [-0.3, -0.25) is 4.79 Å². The first kappa shape index (κ1) is 12.7. The first-order valence-electron chi connectivity index (χ1n) is 5.68. The summed E-state index contributed by atoms with van der Waals surface area (Å²) in [6, 6.07) is 17.3. The number of benzene rings is 2. The van der Waals surface area contributed by atoms with Crippen LogP contribution in [0.15, 0.2) is 54.6 Å². The van der Waals surface area contributed by atoms with Crippen molar-refractivity contribution in [2.75, 3.05) is 0 Å². The maximum Gasteiger partial charge on any atom is 0.226 e. The second kappa shape index (κ2) is 6.22. The fourth-order valence-corrected chi connectivity index (χ4v) is 1.80. The topological polar surface area (TPSA) is 26.3 Å². The number of halogens is 1. The standard InChI is InChI=1S/C15H13ClO2/c16-15(17)10-13-7-4-8-14(9-13)18-11-12-5-2-1-3-6-12/h1-9H,10-11H2. The average Bonchev–Trinajstić information content (AvgIpc) is 2.37. The van der Waals surface area contributed by atoms with Gasteiger partial charge in [0.25, 0.3) is 0 Å². The van der Waals surface area contributed by atoms with Crippen molar-refractivity contribution >= 4 is 16.8 Å². The summed E-state index contributed by atoms with van der Waals surface area (Å²) in [5.41, 5.74) is 1.97. The molecule has 0 spiro atoms. The van der Waals surface area contributed by atoms with Crippen LogP contribution in [0.3, 0.4) is 0 Å². The van der Waals surface area contributed by atoms with Crippen LogP contribution < -0.4 is 4.74 Å². The molecule has 0 saturated carbocycles. The SMILES string of the molecule is O=C(Cl)Cc1cccc(OCc2ccccc2)c1. The van der Waals surface area contributed by atoms with Gasteiger partial charge in [-0.15, -0.1) is 0 Å². The molecule has 0 saturated heterocycles. The van der Waals surface area contributed by atoms with E-state index < -0.39 is 0 Å². The van der Waals surface area contributed by atoms with Crippen LogP contribution in [0.25, 0.3) is 0 Å². The Morgan fingerprint density at radius 2 is 1.72 bits per heavy atom. The third-order valence-corrected chi connectivity index (χ3v) is 2.62. The van der Waals surface area contributed by atoms with E-state index in [1.165, 1.54) is 0 Å². The number of ether oxygens (including phenoxy) is 1. The van der Waals surface area contributed by atoms with Crippen molar-refractivity contribution in [2.45, 2.75) is 13.0 Å². The molecule has 0 N–H and O–H groups in total. The lowest BCUT2D eigenvalue weighted by Gasteiger charge is -2.07. The fourth-order valence-electron chi connectivity index (χ4n) is 1.65. The molecule has 0 aliphatic heterocycles. The first-order chi connectivity index (χ1) is 8.74. The molecule has 0 radical (unpaired) electrons. The lowest BCUT2D eigenvalue weighted by Crippen LogP contribution is -1.97. The van der Waals surface area contributed by atoms with Crippen molar-refractivity contribution in [3.63, 3.8) is 0 Å². The van der Waals surface area contributed by atoms with Gasteiger partial charge in [-0.25, -0.2) is 0 Å². The monoisotopic (exact) mass is 260 g/mol. The highest BCUT2D eigenvalue weighted by atomic mass is 35.5. The summed E-state index contributed by atoms with van der Waals surface area (Å²) in [4.78, 5) is 10.8. The minimum absolute atomic E-state index is 0.226. The van der Waals surface area contributed by atoms with Crippen LogP contribution in [-0.2, 0) is 17.8 Å². The molecule has 0 bridgehead atoms.